The summed E-state index contributed by atoms with van der Waals surface area (Å²) in [5.74, 6) is -0.232. The van der Waals surface area contributed by atoms with Gasteiger partial charge < -0.3 is 5.73 Å². The van der Waals surface area contributed by atoms with Gasteiger partial charge in [0.2, 0.25) is 0 Å². The zero-order valence-corrected chi connectivity index (χ0v) is 10.2. The van der Waals surface area contributed by atoms with Crippen molar-refractivity contribution in [2.24, 2.45) is 5.73 Å². The molecule has 90 valence electrons. The van der Waals surface area contributed by atoms with Crippen LogP contribution in [0.25, 0.3) is 5.69 Å². The van der Waals surface area contributed by atoms with Crippen LogP contribution in [0.4, 0.5) is 4.39 Å². The van der Waals surface area contributed by atoms with Gasteiger partial charge in [-0.15, -0.1) is 0 Å². The molecule has 4 heteroatoms. The number of hydrogen-bond acceptors (Lipinski definition) is 2. The molecule has 1 aromatic heterocycles. The smallest absolute Gasteiger partial charge is 0.126 e. The molecular weight excluding hydrogens is 217 g/mol. The molecule has 0 bridgehead atoms. The van der Waals surface area contributed by atoms with Crippen LogP contribution in [0.3, 0.4) is 0 Å². The standard InChI is InChI=1S/C13H16FN3/c1-8-6-13(17-5-4-9(2)16-17)11(10(3)15)7-12(8)14/h4-7,10H,15H2,1-3H3/t10-/m0/s1. The first-order chi connectivity index (χ1) is 7.99. The predicted molar refractivity (Wildman–Crippen MR) is 65.6 cm³/mol. The van der Waals surface area contributed by atoms with E-state index in [0.717, 1.165) is 16.9 Å². The Bertz CT molecular complexity index is 544. The van der Waals surface area contributed by atoms with Crippen LogP contribution in [0.2, 0.25) is 0 Å². The maximum atomic E-state index is 13.6. The molecular formula is C13H16FN3. The molecule has 0 saturated heterocycles. The fourth-order valence-electron chi connectivity index (χ4n) is 1.79. The van der Waals surface area contributed by atoms with Crippen LogP contribution in [0.1, 0.15) is 29.8 Å². The maximum Gasteiger partial charge on any atom is 0.126 e. The van der Waals surface area contributed by atoms with Gasteiger partial charge in [0.15, 0.2) is 0 Å². The number of nitrogens with zero attached hydrogens (tertiary/aromatic N) is 2. The highest BCUT2D eigenvalue weighted by Crippen LogP contribution is 2.23. The van der Waals surface area contributed by atoms with Gasteiger partial charge in [-0.3, -0.25) is 0 Å². The zero-order valence-electron chi connectivity index (χ0n) is 10.2. The summed E-state index contributed by atoms with van der Waals surface area (Å²) in [5.41, 5.74) is 8.98. The first kappa shape index (κ1) is 11.8. The number of halogens is 1. The van der Waals surface area contributed by atoms with Crippen LogP contribution in [0.5, 0.6) is 0 Å². The molecule has 0 spiro atoms. The number of aryl methyl sites for hydroxylation is 2. The van der Waals surface area contributed by atoms with Crippen LogP contribution < -0.4 is 5.73 Å². The Hall–Kier alpha value is -1.68. The van der Waals surface area contributed by atoms with Gasteiger partial charge >= 0.3 is 0 Å². The minimum absolute atomic E-state index is 0.232. The Morgan fingerprint density at radius 2 is 2.06 bits per heavy atom. The van der Waals surface area contributed by atoms with Crippen molar-refractivity contribution >= 4 is 0 Å². The fraction of sp³-hybridized carbons (Fsp3) is 0.308. The predicted octanol–water partition coefficient (Wildman–Crippen LogP) is 2.65. The Kier molecular flexibility index (Phi) is 2.98. The van der Waals surface area contributed by atoms with E-state index in [4.69, 9.17) is 5.73 Å². The summed E-state index contributed by atoms with van der Waals surface area (Å²) in [5, 5.41) is 4.33. The lowest BCUT2D eigenvalue weighted by Crippen LogP contribution is -2.11. The molecule has 0 aliphatic heterocycles. The van der Waals surface area contributed by atoms with E-state index < -0.39 is 0 Å². The highest BCUT2D eigenvalue weighted by molar-refractivity contribution is 5.45. The summed E-state index contributed by atoms with van der Waals surface area (Å²) in [4.78, 5) is 0. The largest absolute Gasteiger partial charge is 0.324 e. The Labute approximate surface area is 100 Å². The highest BCUT2D eigenvalue weighted by atomic mass is 19.1. The van der Waals surface area contributed by atoms with Gasteiger partial charge in [-0.05, 0) is 50.1 Å². The molecule has 2 rings (SSSR count). The Balaban J connectivity index is 2.63. The summed E-state index contributed by atoms with van der Waals surface area (Å²) < 4.78 is 15.3. The number of aromatic nitrogens is 2. The number of rotatable bonds is 2. The molecule has 2 aromatic rings. The van der Waals surface area contributed by atoms with E-state index in [1.54, 1.807) is 17.7 Å². The molecule has 3 nitrogen and oxygen atoms in total. The lowest BCUT2D eigenvalue weighted by molar-refractivity contribution is 0.611. The zero-order chi connectivity index (χ0) is 12.6. The van der Waals surface area contributed by atoms with Gasteiger partial charge in [-0.25, -0.2) is 9.07 Å². The van der Waals surface area contributed by atoms with Gasteiger partial charge in [0.1, 0.15) is 5.82 Å². The van der Waals surface area contributed by atoms with E-state index >= 15 is 0 Å². The fourth-order valence-corrected chi connectivity index (χ4v) is 1.79. The minimum atomic E-state index is -0.232. The highest BCUT2D eigenvalue weighted by Gasteiger charge is 2.12. The lowest BCUT2D eigenvalue weighted by Gasteiger charge is -2.14. The molecule has 2 N–H and O–H groups in total. The van der Waals surface area contributed by atoms with Crippen LogP contribution in [-0.4, -0.2) is 9.78 Å². The molecule has 17 heavy (non-hydrogen) atoms. The molecule has 0 unspecified atom stereocenters. The van der Waals surface area contributed by atoms with Crippen molar-refractivity contribution in [2.75, 3.05) is 0 Å². The van der Waals surface area contributed by atoms with E-state index in [1.165, 1.54) is 6.07 Å². The first-order valence-corrected chi connectivity index (χ1v) is 5.57. The monoisotopic (exact) mass is 233 g/mol. The summed E-state index contributed by atoms with van der Waals surface area (Å²) >= 11 is 0. The summed E-state index contributed by atoms with van der Waals surface area (Å²) in [7, 11) is 0. The first-order valence-electron chi connectivity index (χ1n) is 5.57. The summed E-state index contributed by atoms with van der Waals surface area (Å²) in [6.45, 7) is 5.49. The summed E-state index contributed by atoms with van der Waals surface area (Å²) in [6.07, 6.45) is 1.86. The summed E-state index contributed by atoms with van der Waals surface area (Å²) in [6, 6.07) is 4.95. The van der Waals surface area contributed by atoms with Crippen molar-refractivity contribution < 1.29 is 4.39 Å². The average Bonchev–Trinajstić information content (AvgIpc) is 2.68. The molecule has 1 heterocycles. The van der Waals surface area contributed by atoms with Crippen molar-refractivity contribution in [3.05, 3.63) is 47.0 Å². The molecule has 0 fully saturated rings. The van der Waals surface area contributed by atoms with E-state index in [1.807, 2.05) is 26.1 Å². The molecule has 0 amide bonds. The van der Waals surface area contributed by atoms with E-state index in [9.17, 15) is 4.39 Å². The molecule has 0 aliphatic rings. The maximum absolute atomic E-state index is 13.6. The van der Waals surface area contributed by atoms with Gasteiger partial charge in [-0.1, -0.05) is 0 Å². The second kappa shape index (κ2) is 4.30. The third-order valence-electron chi connectivity index (χ3n) is 2.77. The van der Waals surface area contributed by atoms with Gasteiger partial charge in [0.05, 0.1) is 11.4 Å². The third-order valence-corrected chi connectivity index (χ3v) is 2.77. The molecule has 0 saturated carbocycles. The van der Waals surface area contributed by atoms with E-state index in [0.29, 0.717) is 5.56 Å². The van der Waals surface area contributed by atoms with Crippen LogP contribution in [0.15, 0.2) is 24.4 Å². The second-order valence-corrected chi connectivity index (χ2v) is 4.35. The van der Waals surface area contributed by atoms with Crippen molar-refractivity contribution in [3.8, 4) is 5.69 Å². The number of hydrogen-bond donors (Lipinski definition) is 1. The third kappa shape index (κ3) is 2.22. The Morgan fingerprint density at radius 1 is 1.35 bits per heavy atom. The van der Waals surface area contributed by atoms with E-state index in [-0.39, 0.29) is 11.9 Å². The lowest BCUT2D eigenvalue weighted by atomic mass is 10.0. The van der Waals surface area contributed by atoms with Gasteiger partial charge in [0.25, 0.3) is 0 Å². The van der Waals surface area contributed by atoms with E-state index in [2.05, 4.69) is 5.10 Å². The van der Waals surface area contributed by atoms with Crippen LogP contribution in [0, 0.1) is 19.7 Å². The SMILES string of the molecule is Cc1ccn(-c2cc(C)c(F)cc2[C@H](C)N)n1. The Morgan fingerprint density at radius 3 is 2.59 bits per heavy atom. The molecule has 1 aromatic carbocycles. The molecule has 0 aliphatic carbocycles. The van der Waals surface area contributed by atoms with Crippen LogP contribution >= 0.6 is 0 Å². The minimum Gasteiger partial charge on any atom is -0.324 e. The van der Waals surface area contributed by atoms with Gasteiger partial charge in [-0.2, -0.15) is 5.10 Å². The number of nitrogens with two attached hydrogens (primary N) is 1. The van der Waals surface area contributed by atoms with Crippen molar-refractivity contribution in [1.29, 1.82) is 0 Å². The molecule has 1 atom stereocenters. The van der Waals surface area contributed by atoms with Crippen LogP contribution in [-0.2, 0) is 0 Å². The normalized spacial score (nSPS) is 12.8. The molecule has 0 radical (unpaired) electrons. The van der Waals surface area contributed by atoms with Crippen molar-refractivity contribution in [3.63, 3.8) is 0 Å². The quantitative estimate of drug-likeness (QED) is 0.866. The van der Waals surface area contributed by atoms with Crippen molar-refractivity contribution in [2.45, 2.75) is 26.8 Å². The van der Waals surface area contributed by atoms with Crippen molar-refractivity contribution in [1.82, 2.24) is 9.78 Å². The average molecular weight is 233 g/mol. The van der Waals surface area contributed by atoms with Gasteiger partial charge in [0, 0.05) is 12.2 Å². The number of benzene rings is 1. The second-order valence-electron chi connectivity index (χ2n) is 4.35. The topological polar surface area (TPSA) is 43.8 Å².